The largest absolute Gasteiger partial charge is 0.481 e. The Morgan fingerprint density at radius 2 is 2.11 bits per heavy atom. The highest BCUT2D eigenvalue weighted by Crippen LogP contribution is 2.22. The molecule has 0 amide bonds. The lowest BCUT2D eigenvalue weighted by Gasteiger charge is -2.30. The van der Waals surface area contributed by atoms with Crippen molar-refractivity contribution < 1.29 is 14.3 Å². The molecule has 1 aromatic rings. The van der Waals surface area contributed by atoms with Gasteiger partial charge in [0.15, 0.2) is 0 Å². The summed E-state index contributed by atoms with van der Waals surface area (Å²) >= 11 is 0. The average Bonchev–Trinajstić information content (AvgIpc) is 2.46. The number of carbonyl (C=O) groups is 1. The standard InChI is InChI=1S/C12H17N3O3/c1-17-10-3-6-13-12(14-10)15-7-4-9(5-8-15)11(16)18-2/h3,6,9H,4-5,7-8H2,1-2H3. The van der Waals surface area contributed by atoms with Gasteiger partial charge in [0, 0.05) is 25.4 Å². The fourth-order valence-electron chi connectivity index (χ4n) is 2.08. The number of esters is 1. The van der Waals surface area contributed by atoms with Crippen LogP contribution in [0.1, 0.15) is 12.8 Å². The lowest BCUT2D eigenvalue weighted by Crippen LogP contribution is -2.37. The molecular weight excluding hydrogens is 234 g/mol. The molecule has 2 rings (SSSR count). The van der Waals surface area contributed by atoms with E-state index in [1.54, 1.807) is 19.4 Å². The number of ether oxygens (including phenoxy) is 2. The van der Waals surface area contributed by atoms with Crippen LogP contribution in [0.3, 0.4) is 0 Å². The van der Waals surface area contributed by atoms with Gasteiger partial charge >= 0.3 is 5.97 Å². The van der Waals surface area contributed by atoms with Crippen molar-refractivity contribution in [1.29, 1.82) is 0 Å². The Morgan fingerprint density at radius 3 is 2.72 bits per heavy atom. The van der Waals surface area contributed by atoms with E-state index in [1.165, 1.54) is 7.11 Å². The molecular formula is C12H17N3O3. The number of carbonyl (C=O) groups excluding carboxylic acids is 1. The molecule has 6 heteroatoms. The maximum atomic E-state index is 11.4. The summed E-state index contributed by atoms with van der Waals surface area (Å²) < 4.78 is 9.83. The summed E-state index contributed by atoms with van der Waals surface area (Å²) in [5.74, 6) is 1.07. The monoisotopic (exact) mass is 251 g/mol. The van der Waals surface area contributed by atoms with Gasteiger partial charge in [-0.1, -0.05) is 0 Å². The van der Waals surface area contributed by atoms with E-state index in [1.807, 2.05) is 0 Å². The minimum Gasteiger partial charge on any atom is -0.481 e. The van der Waals surface area contributed by atoms with Crippen LogP contribution < -0.4 is 9.64 Å². The number of methoxy groups -OCH3 is 2. The van der Waals surface area contributed by atoms with Crippen LogP contribution in [0, 0.1) is 5.92 Å². The van der Waals surface area contributed by atoms with Gasteiger partial charge < -0.3 is 14.4 Å². The third-order valence-corrected chi connectivity index (χ3v) is 3.14. The lowest BCUT2D eigenvalue weighted by atomic mass is 9.97. The van der Waals surface area contributed by atoms with Gasteiger partial charge in [0.05, 0.1) is 20.1 Å². The molecule has 0 aliphatic carbocycles. The molecule has 1 aliphatic heterocycles. The molecule has 0 bridgehead atoms. The van der Waals surface area contributed by atoms with E-state index in [0.29, 0.717) is 11.8 Å². The maximum Gasteiger partial charge on any atom is 0.308 e. The fourth-order valence-corrected chi connectivity index (χ4v) is 2.08. The summed E-state index contributed by atoms with van der Waals surface area (Å²) in [6.07, 6.45) is 3.22. The van der Waals surface area contributed by atoms with E-state index in [0.717, 1.165) is 25.9 Å². The lowest BCUT2D eigenvalue weighted by molar-refractivity contribution is -0.146. The summed E-state index contributed by atoms with van der Waals surface area (Å²) in [7, 11) is 3.01. The molecule has 1 fully saturated rings. The van der Waals surface area contributed by atoms with Crippen molar-refractivity contribution in [2.24, 2.45) is 5.92 Å². The van der Waals surface area contributed by atoms with Crippen LogP contribution in [0.15, 0.2) is 12.3 Å². The predicted octanol–water partition coefficient (Wildman–Crippen LogP) is 0.875. The Labute approximate surface area is 106 Å². The molecule has 0 N–H and O–H groups in total. The van der Waals surface area contributed by atoms with Crippen molar-refractivity contribution in [3.8, 4) is 5.88 Å². The van der Waals surface area contributed by atoms with Crippen LogP contribution in [0.25, 0.3) is 0 Å². The first-order valence-corrected chi connectivity index (χ1v) is 5.94. The zero-order valence-corrected chi connectivity index (χ0v) is 10.6. The second-order valence-electron chi connectivity index (χ2n) is 4.18. The van der Waals surface area contributed by atoms with Gasteiger partial charge in [0.25, 0.3) is 0 Å². The zero-order valence-electron chi connectivity index (χ0n) is 10.6. The molecule has 18 heavy (non-hydrogen) atoms. The smallest absolute Gasteiger partial charge is 0.308 e. The minimum absolute atomic E-state index is 0.00291. The number of hydrogen-bond acceptors (Lipinski definition) is 6. The van der Waals surface area contributed by atoms with Gasteiger partial charge in [-0.15, -0.1) is 0 Å². The Balaban J connectivity index is 1.98. The summed E-state index contributed by atoms with van der Waals surface area (Å²) in [5.41, 5.74) is 0. The third-order valence-electron chi connectivity index (χ3n) is 3.14. The Morgan fingerprint density at radius 1 is 1.39 bits per heavy atom. The van der Waals surface area contributed by atoms with Gasteiger partial charge in [-0.3, -0.25) is 4.79 Å². The van der Waals surface area contributed by atoms with E-state index >= 15 is 0 Å². The highest BCUT2D eigenvalue weighted by atomic mass is 16.5. The quantitative estimate of drug-likeness (QED) is 0.743. The van der Waals surface area contributed by atoms with E-state index < -0.39 is 0 Å². The van der Waals surface area contributed by atoms with Gasteiger partial charge in [0.2, 0.25) is 11.8 Å². The van der Waals surface area contributed by atoms with Crippen molar-refractivity contribution in [3.63, 3.8) is 0 Å². The molecule has 1 aromatic heterocycles. The zero-order chi connectivity index (χ0) is 13.0. The van der Waals surface area contributed by atoms with Crippen LogP contribution in [0.4, 0.5) is 5.95 Å². The highest BCUT2D eigenvalue weighted by Gasteiger charge is 2.26. The molecule has 6 nitrogen and oxygen atoms in total. The number of piperidine rings is 1. The molecule has 0 unspecified atom stereocenters. The molecule has 1 saturated heterocycles. The number of hydrogen-bond donors (Lipinski definition) is 0. The summed E-state index contributed by atoms with van der Waals surface area (Å²) in [6.45, 7) is 1.51. The number of aromatic nitrogens is 2. The normalized spacial score (nSPS) is 16.4. The molecule has 0 saturated carbocycles. The van der Waals surface area contributed by atoms with Crippen molar-refractivity contribution in [2.75, 3.05) is 32.2 Å². The minimum atomic E-state index is -0.124. The predicted molar refractivity (Wildman–Crippen MR) is 65.5 cm³/mol. The first-order chi connectivity index (χ1) is 8.74. The van der Waals surface area contributed by atoms with Crippen LogP contribution in [-0.4, -0.2) is 43.2 Å². The van der Waals surface area contributed by atoms with Gasteiger partial charge in [-0.2, -0.15) is 4.98 Å². The SMILES string of the molecule is COC(=O)C1CCN(c2nccc(OC)n2)CC1. The molecule has 0 aromatic carbocycles. The van der Waals surface area contributed by atoms with E-state index in [-0.39, 0.29) is 11.9 Å². The van der Waals surface area contributed by atoms with Crippen molar-refractivity contribution >= 4 is 11.9 Å². The highest BCUT2D eigenvalue weighted by molar-refractivity contribution is 5.72. The number of rotatable bonds is 3. The third kappa shape index (κ3) is 2.69. The topological polar surface area (TPSA) is 64.5 Å². The fraction of sp³-hybridized carbons (Fsp3) is 0.583. The summed E-state index contributed by atoms with van der Waals surface area (Å²) in [6, 6.07) is 1.71. The first kappa shape index (κ1) is 12.6. The average molecular weight is 251 g/mol. The van der Waals surface area contributed by atoms with E-state index in [9.17, 15) is 4.79 Å². The van der Waals surface area contributed by atoms with Gasteiger partial charge in [-0.05, 0) is 12.8 Å². The molecule has 0 spiro atoms. The van der Waals surface area contributed by atoms with Crippen LogP contribution >= 0.6 is 0 Å². The first-order valence-electron chi connectivity index (χ1n) is 5.94. The van der Waals surface area contributed by atoms with Crippen LogP contribution in [0.2, 0.25) is 0 Å². The number of anilines is 1. The second kappa shape index (κ2) is 5.66. The van der Waals surface area contributed by atoms with Gasteiger partial charge in [0.1, 0.15) is 0 Å². The van der Waals surface area contributed by atoms with Crippen LogP contribution in [-0.2, 0) is 9.53 Å². The molecule has 0 radical (unpaired) electrons. The molecule has 98 valence electrons. The van der Waals surface area contributed by atoms with Gasteiger partial charge in [-0.25, -0.2) is 4.98 Å². The van der Waals surface area contributed by atoms with Crippen molar-refractivity contribution in [2.45, 2.75) is 12.8 Å². The summed E-state index contributed by atoms with van der Waals surface area (Å²) in [4.78, 5) is 22.0. The van der Waals surface area contributed by atoms with Crippen LogP contribution in [0.5, 0.6) is 5.88 Å². The Kier molecular flexibility index (Phi) is 3.96. The molecule has 2 heterocycles. The number of nitrogens with zero attached hydrogens (tertiary/aromatic N) is 3. The van der Waals surface area contributed by atoms with Crippen molar-refractivity contribution in [3.05, 3.63) is 12.3 Å². The molecule has 1 aliphatic rings. The van der Waals surface area contributed by atoms with E-state index in [2.05, 4.69) is 14.9 Å². The van der Waals surface area contributed by atoms with Crippen molar-refractivity contribution in [1.82, 2.24) is 9.97 Å². The van der Waals surface area contributed by atoms with E-state index in [4.69, 9.17) is 9.47 Å². The Hall–Kier alpha value is -1.85. The Bertz CT molecular complexity index is 417. The summed E-state index contributed by atoms with van der Waals surface area (Å²) in [5, 5.41) is 0. The molecule has 0 atom stereocenters. The second-order valence-corrected chi connectivity index (χ2v) is 4.18. The maximum absolute atomic E-state index is 11.4.